The number of aromatic nitrogens is 3. The molecule has 0 unspecified atom stereocenters. The Morgan fingerprint density at radius 1 is 0.806 bits per heavy atom. The molecule has 0 spiro atoms. The summed E-state index contributed by atoms with van der Waals surface area (Å²) >= 11 is 0. The van der Waals surface area contributed by atoms with Crippen LogP contribution in [0.4, 0.5) is 11.9 Å². The zero-order chi connectivity index (χ0) is 25.4. The Labute approximate surface area is 216 Å². The monoisotopic (exact) mass is 487 g/mol. The van der Waals surface area contributed by atoms with Crippen LogP contribution in [0.1, 0.15) is 62.4 Å². The summed E-state index contributed by atoms with van der Waals surface area (Å²) in [5, 5.41) is 10.3. The van der Waals surface area contributed by atoms with Gasteiger partial charge in [-0.05, 0) is 57.3 Å². The van der Waals surface area contributed by atoms with E-state index in [-0.39, 0.29) is 11.1 Å². The zero-order valence-corrected chi connectivity index (χ0v) is 22.2. The van der Waals surface area contributed by atoms with E-state index in [1.807, 2.05) is 7.05 Å². The lowest BCUT2D eigenvalue weighted by Crippen LogP contribution is -2.52. The first kappa shape index (κ1) is 26.0. The molecule has 1 aliphatic carbocycles. The van der Waals surface area contributed by atoms with Crippen molar-refractivity contribution in [3.8, 4) is 0 Å². The van der Waals surface area contributed by atoms with Gasteiger partial charge >= 0.3 is 0 Å². The summed E-state index contributed by atoms with van der Waals surface area (Å²) < 4.78 is 0. The summed E-state index contributed by atoms with van der Waals surface area (Å²) in [6, 6.07) is 21.8. The Bertz CT molecular complexity index is 1080. The van der Waals surface area contributed by atoms with E-state index in [1.165, 1.54) is 11.1 Å². The molecule has 0 saturated heterocycles. The molecule has 36 heavy (non-hydrogen) atoms. The molecule has 1 aromatic heterocycles. The van der Waals surface area contributed by atoms with Crippen molar-refractivity contribution in [3.05, 3.63) is 77.6 Å². The highest BCUT2D eigenvalue weighted by Crippen LogP contribution is 2.48. The summed E-state index contributed by atoms with van der Waals surface area (Å²) in [4.78, 5) is 16.3. The van der Waals surface area contributed by atoms with Crippen molar-refractivity contribution in [1.82, 2.24) is 25.2 Å². The molecule has 1 aliphatic rings. The third-order valence-electron chi connectivity index (χ3n) is 7.73. The van der Waals surface area contributed by atoms with Gasteiger partial charge in [0.25, 0.3) is 0 Å². The first-order chi connectivity index (χ1) is 17.5. The molecule has 7 nitrogen and oxygen atoms in total. The van der Waals surface area contributed by atoms with E-state index in [0.717, 1.165) is 50.9 Å². The van der Waals surface area contributed by atoms with Crippen LogP contribution in [0.3, 0.4) is 0 Å². The summed E-state index contributed by atoms with van der Waals surface area (Å²) in [6.45, 7) is 3.62. The van der Waals surface area contributed by atoms with E-state index in [2.05, 4.69) is 113 Å². The van der Waals surface area contributed by atoms with Gasteiger partial charge in [-0.2, -0.15) is 15.0 Å². The second-order valence-electron chi connectivity index (χ2n) is 10.0. The lowest BCUT2D eigenvalue weighted by atomic mass is 9.66. The molecule has 3 aromatic rings. The highest BCUT2D eigenvalue weighted by molar-refractivity contribution is 5.34. The second kappa shape index (κ2) is 11.8. The van der Waals surface area contributed by atoms with Crippen LogP contribution in [0.15, 0.2) is 60.7 Å². The molecule has 0 aliphatic heterocycles. The van der Waals surface area contributed by atoms with E-state index in [0.29, 0.717) is 18.4 Å². The normalized spacial score (nSPS) is 21.9. The van der Waals surface area contributed by atoms with Gasteiger partial charge in [0, 0.05) is 24.7 Å². The molecule has 0 atom stereocenters. The maximum Gasteiger partial charge on any atom is 0.227 e. The third-order valence-corrected chi connectivity index (χ3v) is 7.73. The van der Waals surface area contributed by atoms with E-state index >= 15 is 0 Å². The number of rotatable bonds is 11. The van der Waals surface area contributed by atoms with Crippen LogP contribution < -0.4 is 16.0 Å². The highest BCUT2D eigenvalue weighted by Gasteiger charge is 2.45. The fourth-order valence-corrected chi connectivity index (χ4v) is 5.47. The largest absolute Gasteiger partial charge is 0.357 e. The SMILES string of the molecule is CCCCNc1nc(CNC2(c3ccccc3)CCC(c3ccccc3)(N(C)C)CC2)nc(NC)n1. The van der Waals surface area contributed by atoms with Crippen molar-refractivity contribution < 1.29 is 0 Å². The fraction of sp³-hybridized carbons (Fsp3) is 0.483. The predicted molar refractivity (Wildman–Crippen MR) is 148 cm³/mol. The van der Waals surface area contributed by atoms with Crippen LogP contribution in [-0.4, -0.2) is 47.5 Å². The van der Waals surface area contributed by atoms with Gasteiger partial charge in [0.15, 0.2) is 0 Å². The van der Waals surface area contributed by atoms with Crippen molar-refractivity contribution in [3.63, 3.8) is 0 Å². The van der Waals surface area contributed by atoms with Crippen LogP contribution in [0.2, 0.25) is 0 Å². The molecule has 192 valence electrons. The van der Waals surface area contributed by atoms with Gasteiger partial charge in [0.05, 0.1) is 6.54 Å². The van der Waals surface area contributed by atoms with E-state index in [9.17, 15) is 0 Å². The molecule has 2 aromatic carbocycles. The van der Waals surface area contributed by atoms with Crippen LogP contribution in [0, 0.1) is 0 Å². The van der Waals surface area contributed by atoms with Gasteiger partial charge in [0.2, 0.25) is 11.9 Å². The molecular formula is C29H41N7. The van der Waals surface area contributed by atoms with E-state index < -0.39 is 0 Å². The molecule has 0 amide bonds. The topological polar surface area (TPSA) is 78.0 Å². The van der Waals surface area contributed by atoms with Crippen molar-refractivity contribution in [2.75, 3.05) is 38.3 Å². The number of nitrogens with zero attached hydrogens (tertiary/aromatic N) is 4. The summed E-state index contributed by atoms with van der Waals surface area (Å²) in [6.07, 6.45) is 6.39. The predicted octanol–water partition coefficient (Wildman–Crippen LogP) is 5.14. The standard InChI is InChI=1S/C29H41N7/c1-5-6-21-31-27-34-25(33-26(30-2)35-27)22-32-28(23-13-9-7-10-14-23)17-19-29(20-18-28,36(3)4)24-15-11-8-12-16-24/h7-16,32H,5-6,17-22H2,1-4H3,(H2,30,31,33,34,35). The first-order valence-electron chi connectivity index (χ1n) is 13.2. The fourth-order valence-electron chi connectivity index (χ4n) is 5.47. The first-order valence-corrected chi connectivity index (χ1v) is 13.2. The molecule has 4 rings (SSSR count). The summed E-state index contributed by atoms with van der Waals surface area (Å²) in [5.41, 5.74) is 2.62. The molecule has 1 heterocycles. The second-order valence-corrected chi connectivity index (χ2v) is 10.0. The smallest absolute Gasteiger partial charge is 0.227 e. The van der Waals surface area contributed by atoms with Gasteiger partial charge in [-0.3, -0.25) is 4.90 Å². The van der Waals surface area contributed by atoms with Crippen LogP contribution >= 0.6 is 0 Å². The minimum Gasteiger partial charge on any atom is -0.357 e. The Kier molecular flexibility index (Phi) is 8.54. The van der Waals surface area contributed by atoms with Crippen LogP contribution in [0.25, 0.3) is 0 Å². The van der Waals surface area contributed by atoms with Gasteiger partial charge in [-0.25, -0.2) is 0 Å². The molecule has 7 heteroatoms. The lowest BCUT2D eigenvalue weighted by Gasteiger charge is -2.50. The van der Waals surface area contributed by atoms with Crippen molar-refractivity contribution in [2.24, 2.45) is 0 Å². The van der Waals surface area contributed by atoms with Crippen LogP contribution in [-0.2, 0) is 17.6 Å². The molecule has 0 radical (unpaired) electrons. The van der Waals surface area contributed by atoms with Crippen LogP contribution in [0.5, 0.6) is 0 Å². The minimum atomic E-state index is -0.141. The Balaban J connectivity index is 1.58. The molecule has 3 N–H and O–H groups in total. The van der Waals surface area contributed by atoms with Gasteiger partial charge in [0.1, 0.15) is 5.82 Å². The summed E-state index contributed by atoms with van der Waals surface area (Å²) in [5.74, 6) is 1.97. The van der Waals surface area contributed by atoms with E-state index in [4.69, 9.17) is 4.98 Å². The number of hydrogen-bond acceptors (Lipinski definition) is 7. The van der Waals surface area contributed by atoms with Gasteiger partial charge in [-0.15, -0.1) is 0 Å². The number of nitrogens with one attached hydrogen (secondary N) is 3. The highest BCUT2D eigenvalue weighted by atomic mass is 15.2. The Morgan fingerprint density at radius 2 is 1.42 bits per heavy atom. The average Bonchev–Trinajstić information content (AvgIpc) is 2.93. The lowest BCUT2D eigenvalue weighted by molar-refractivity contribution is 0.0521. The minimum absolute atomic E-state index is 0.0318. The van der Waals surface area contributed by atoms with Crippen molar-refractivity contribution in [1.29, 1.82) is 0 Å². The average molecular weight is 488 g/mol. The Hall–Kier alpha value is -3.03. The number of benzene rings is 2. The molecule has 1 saturated carbocycles. The maximum atomic E-state index is 4.72. The van der Waals surface area contributed by atoms with Gasteiger partial charge < -0.3 is 16.0 Å². The molecular weight excluding hydrogens is 446 g/mol. The van der Waals surface area contributed by atoms with Gasteiger partial charge in [-0.1, -0.05) is 74.0 Å². The number of hydrogen-bond donors (Lipinski definition) is 3. The maximum absolute atomic E-state index is 4.72. The quantitative estimate of drug-likeness (QED) is 0.323. The zero-order valence-electron chi connectivity index (χ0n) is 22.2. The Morgan fingerprint density at radius 3 is 2.00 bits per heavy atom. The molecule has 1 fully saturated rings. The van der Waals surface area contributed by atoms with Crippen molar-refractivity contribution in [2.45, 2.75) is 63.1 Å². The van der Waals surface area contributed by atoms with E-state index in [1.54, 1.807) is 0 Å². The third kappa shape index (κ3) is 5.68. The molecule has 0 bridgehead atoms. The number of anilines is 2. The number of unbranched alkanes of at least 4 members (excludes halogenated alkanes) is 1. The summed E-state index contributed by atoms with van der Waals surface area (Å²) in [7, 11) is 6.28. The van der Waals surface area contributed by atoms with Crippen molar-refractivity contribution >= 4 is 11.9 Å².